The molecule has 4 nitrogen and oxygen atoms in total. The van der Waals surface area contributed by atoms with E-state index in [1.165, 1.54) is 64.2 Å². The molecule has 0 heterocycles. The van der Waals surface area contributed by atoms with Crippen molar-refractivity contribution < 1.29 is 69.5 Å². The summed E-state index contributed by atoms with van der Waals surface area (Å²) in [6.45, 7) is 4.39. The summed E-state index contributed by atoms with van der Waals surface area (Å²) in [6, 6.07) is 0. The van der Waals surface area contributed by atoms with E-state index in [4.69, 9.17) is 0 Å². The predicted molar refractivity (Wildman–Crippen MR) is 114 cm³/mol. The van der Waals surface area contributed by atoms with Crippen LogP contribution in [-0.2, 0) is 10.1 Å². The van der Waals surface area contributed by atoms with Gasteiger partial charge in [-0.25, -0.2) is 8.42 Å². The minimum atomic E-state index is -4.32. The van der Waals surface area contributed by atoms with Crippen molar-refractivity contribution in [1.29, 1.82) is 0 Å². The molecule has 0 aliphatic heterocycles. The van der Waals surface area contributed by atoms with E-state index in [-0.39, 0.29) is 57.8 Å². The molecule has 0 saturated heterocycles. The third-order valence-corrected chi connectivity index (χ3v) is 6.71. The molecule has 1 N–H and O–H groups in total. The van der Waals surface area contributed by atoms with Crippen molar-refractivity contribution in [3.63, 3.8) is 0 Å². The van der Waals surface area contributed by atoms with Crippen molar-refractivity contribution in [2.75, 3.05) is 0 Å². The third kappa shape index (κ3) is 20.8. The van der Waals surface area contributed by atoms with Crippen molar-refractivity contribution in [3.05, 3.63) is 0 Å². The van der Waals surface area contributed by atoms with Gasteiger partial charge in [-0.15, -0.1) is 0 Å². The van der Waals surface area contributed by atoms with Crippen LogP contribution >= 0.6 is 0 Å². The van der Waals surface area contributed by atoms with Gasteiger partial charge in [-0.1, -0.05) is 110 Å². The van der Waals surface area contributed by atoms with Gasteiger partial charge in [0.1, 0.15) is 0 Å². The molecule has 0 amide bonds. The van der Waals surface area contributed by atoms with E-state index in [2.05, 4.69) is 13.8 Å². The maximum atomic E-state index is 11.5. The summed E-state index contributed by atoms with van der Waals surface area (Å²) in [6.07, 6.45) is 17.8. The fraction of sp³-hybridized carbons (Fsp3) is 1.00. The number of aliphatic hydroxyl groups excluding tert-OH is 1. The van der Waals surface area contributed by atoms with E-state index < -0.39 is 21.5 Å². The Morgan fingerprint density at radius 3 is 1.43 bits per heavy atom. The summed E-state index contributed by atoms with van der Waals surface area (Å²) < 4.78 is 34.5. The Kier molecular flexibility index (Phi) is 24.6. The molecule has 2 atom stereocenters. The van der Waals surface area contributed by atoms with Crippen LogP contribution in [0.1, 0.15) is 129 Å². The van der Waals surface area contributed by atoms with E-state index in [0.717, 1.165) is 32.1 Å². The first-order valence-electron chi connectivity index (χ1n) is 11.5. The monoisotopic (exact) mass is 444 g/mol. The van der Waals surface area contributed by atoms with Gasteiger partial charge in [-0.3, -0.25) is 0 Å². The Hall–Kier alpha value is 1.51. The molecule has 0 spiro atoms. The van der Waals surface area contributed by atoms with Gasteiger partial charge in [-0.2, -0.15) is 0 Å². The summed E-state index contributed by atoms with van der Waals surface area (Å²) >= 11 is 0. The van der Waals surface area contributed by atoms with Crippen LogP contribution in [0.4, 0.5) is 0 Å². The minimum absolute atomic E-state index is 0. The number of rotatable bonds is 20. The van der Waals surface area contributed by atoms with Crippen molar-refractivity contribution >= 4 is 10.1 Å². The zero-order chi connectivity index (χ0) is 20.4. The van der Waals surface area contributed by atoms with Gasteiger partial charge in [0.15, 0.2) is 0 Å². The van der Waals surface area contributed by atoms with Gasteiger partial charge in [0, 0.05) is 0 Å². The fourth-order valence-electron chi connectivity index (χ4n) is 3.64. The van der Waals surface area contributed by atoms with Gasteiger partial charge in [-0.05, 0) is 19.3 Å². The molecule has 0 rings (SSSR count). The Morgan fingerprint density at radius 2 is 1.04 bits per heavy atom. The smallest absolute Gasteiger partial charge is 0.748 e. The molecule has 0 aliphatic rings. The second-order valence-corrected chi connectivity index (χ2v) is 9.83. The van der Waals surface area contributed by atoms with Crippen LogP contribution in [0.5, 0.6) is 0 Å². The maximum absolute atomic E-state index is 11.5. The first kappa shape index (κ1) is 31.7. The van der Waals surface area contributed by atoms with Crippen LogP contribution in [0, 0.1) is 0 Å². The second kappa shape index (κ2) is 21.7. The van der Waals surface area contributed by atoms with Crippen molar-refractivity contribution in [1.82, 2.24) is 0 Å². The SMILES string of the molecule is CCCCCCCCCCCC(O)CC(CCCCCCCC)S(=O)(=O)[O-].[K+]. The average Bonchev–Trinajstić information content (AvgIpc) is 2.61. The molecule has 0 aromatic carbocycles. The molecule has 0 aromatic heterocycles. The largest absolute Gasteiger partial charge is 1.00 e. The summed E-state index contributed by atoms with van der Waals surface area (Å²) in [5.41, 5.74) is 0. The van der Waals surface area contributed by atoms with Crippen LogP contribution < -0.4 is 51.4 Å². The minimum Gasteiger partial charge on any atom is -0.748 e. The molecule has 0 aliphatic carbocycles. The zero-order valence-corrected chi connectivity index (χ0v) is 22.9. The summed E-state index contributed by atoms with van der Waals surface area (Å²) in [5.74, 6) is 0. The molecule has 2 unspecified atom stereocenters. The first-order chi connectivity index (χ1) is 12.9. The molecule has 0 radical (unpaired) electrons. The summed E-state index contributed by atoms with van der Waals surface area (Å²) in [7, 11) is -4.32. The molecular weight excluding hydrogens is 399 g/mol. The quantitative estimate of drug-likeness (QED) is 0.177. The van der Waals surface area contributed by atoms with Crippen LogP contribution in [0.2, 0.25) is 0 Å². The van der Waals surface area contributed by atoms with E-state index in [1.54, 1.807) is 0 Å². The molecular formula is C22H45KO4S. The zero-order valence-electron chi connectivity index (χ0n) is 19.0. The molecule has 0 bridgehead atoms. The van der Waals surface area contributed by atoms with Gasteiger partial charge in [0.2, 0.25) is 0 Å². The standard InChI is InChI=1S/C22H46O4S.K/c1-3-5-7-9-11-12-13-14-16-18-21(23)20-22(27(24,25)26)19-17-15-10-8-6-4-2;/h21-23H,3-20H2,1-2H3,(H,24,25,26);/q;+1/p-1. The Balaban J connectivity index is 0. The van der Waals surface area contributed by atoms with Gasteiger partial charge in [0.05, 0.1) is 21.5 Å². The second-order valence-electron chi connectivity index (χ2n) is 8.18. The van der Waals surface area contributed by atoms with E-state index in [0.29, 0.717) is 12.8 Å². The van der Waals surface area contributed by atoms with Gasteiger partial charge >= 0.3 is 51.4 Å². The summed E-state index contributed by atoms with van der Waals surface area (Å²) in [5, 5.41) is 9.23. The van der Waals surface area contributed by atoms with Crippen LogP contribution in [0.15, 0.2) is 0 Å². The predicted octanol–water partition coefficient (Wildman–Crippen LogP) is 3.33. The summed E-state index contributed by atoms with van der Waals surface area (Å²) in [4.78, 5) is 0. The van der Waals surface area contributed by atoms with E-state index in [9.17, 15) is 18.1 Å². The molecule has 28 heavy (non-hydrogen) atoms. The molecule has 6 heteroatoms. The van der Waals surface area contributed by atoms with Crippen molar-refractivity contribution in [2.24, 2.45) is 0 Å². The Morgan fingerprint density at radius 1 is 0.679 bits per heavy atom. The molecule has 0 saturated carbocycles. The first-order valence-corrected chi connectivity index (χ1v) is 13.0. The maximum Gasteiger partial charge on any atom is 1.00 e. The van der Waals surface area contributed by atoms with E-state index in [1.807, 2.05) is 0 Å². The number of aliphatic hydroxyl groups is 1. The number of unbranched alkanes of at least 4 members (excludes halogenated alkanes) is 13. The number of hydrogen-bond donors (Lipinski definition) is 1. The van der Waals surface area contributed by atoms with Crippen molar-refractivity contribution in [2.45, 2.75) is 141 Å². The topological polar surface area (TPSA) is 77.4 Å². The average molecular weight is 445 g/mol. The van der Waals surface area contributed by atoms with Crippen molar-refractivity contribution in [3.8, 4) is 0 Å². The van der Waals surface area contributed by atoms with E-state index >= 15 is 0 Å². The third-order valence-electron chi connectivity index (χ3n) is 5.46. The molecule has 164 valence electrons. The van der Waals surface area contributed by atoms with Crippen LogP contribution in [0.3, 0.4) is 0 Å². The van der Waals surface area contributed by atoms with Gasteiger partial charge in [0.25, 0.3) is 0 Å². The molecule has 0 fully saturated rings. The Labute approximate surface area is 218 Å². The van der Waals surface area contributed by atoms with Gasteiger partial charge < -0.3 is 9.66 Å². The Bertz CT molecular complexity index is 415. The van der Waals surface area contributed by atoms with Crippen LogP contribution in [0.25, 0.3) is 0 Å². The number of hydrogen-bond acceptors (Lipinski definition) is 4. The fourth-order valence-corrected chi connectivity index (χ4v) is 4.56. The van der Waals surface area contributed by atoms with Crippen LogP contribution in [-0.4, -0.2) is 29.4 Å². The molecule has 0 aromatic rings. The normalized spacial score (nSPS) is 13.9.